The Morgan fingerprint density at radius 3 is 2.33 bits per heavy atom. The number of carbonyl (C=O) groups excluding carboxylic acids is 2. The molecule has 6 nitrogen and oxygen atoms in total. The highest BCUT2D eigenvalue weighted by molar-refractivity contribution is 5.79. The minimum Gasteiger partial charge on any atom is -0.383 e. The topological polar surface area (TPSA) is 79.5 Å². The van der Waals surface area contributed by atoms with E-state index in [-0.39, 0.29) is 23.9 Å². The first-order valence-electron chi connectivity index (χ1n) is 6.12. The first-order valence-corrected chi connectivity index (χ1v) is 6.12. The summed E-state index contributed by atoms with van der Waals surface area (Å²) >= 11 is 0. The molecule has 0 aromatic carbocycles. The molecule has 0 saturated carbocycles. The molecule has 0 atom stereocenters. The summed E-state index contributed by atoms with van der Waals surface area (Å²) in [6, 6.07) is 0. The molecule has 2 amide bonds. The largest absolute Gasteiger partial charge is 0.383 e. The standard InChI is InChI=1S/C12H25N3O3/c1-12(2,3)15-11(17)9-13-6-5-10(16)14-7-8-18-4/h13H,5-9H2,1-4H3,(H,14,16)(H,15,17). The van der Waals surface area contributed by atoms with Crippen LogP contribution >= 0.6 is 0 Å². The fourth-order valence-electron chi connectivity index (χ4n) is 1.25. The van der Waals surface area contributed by atoms with E-state index < -0.39 is 0 Å². The van der Waals surface area contributed by atoms with Gasteiger partial charge in [0.15, 0.2) is 0 Å². The predicted octanol–water partition coefficient (Wildman–Crippen LogP) is -0.357. The molecule has 3 N–H and O–H groups in total. The highest BCUT2D eigenvalue weighted by atomic mass is 16.5. The van der Waals surface area contributed by atoms with Crippen molar-refractivity contribution in [2.24, 2.45) is 0 Å². The zero-order valence-corrected chi connectivity index (χ0v) is 11.8. The van der Waals surface area contributed by atoms with Crippen LogP contribution in [0.15, 0.2) is 0 Å². The monoisotopic (exact) mass is 259 g/mol. The number of hydrogen-bond acceptors (Lipinski definition) is 4. The molecule has 0 unspecified atom stereocenters. The molecule has 18 heavy (non-hydrogen) atoms. The SMILES string of the molecule is COCCNC(=O)CCNCC(=O)NC(C)(C)C. The molecular formula is C12H25N3O3. The summed E-state index contributed by atoms with van der Waals surface area (Å²) in [5.74, 6) is -0.113. The van der Waals surface area contributed by atoms with E-state index in [9.17, 15) is 9.59 Å². The minimum atomic E-state index is -0.226. The van der Waals surface area contributed by atoms with Gasteiger partial charge in [0, 0.05) is 32.2 Å². The number of nitrogens with one attached hydrogen (secondary N) is 3. The van der Waals surface area contributed by atoms with E-state index in [1.54, 1.807) is 7.11 Å². The molecule has 0 aliphatic heterocycles. The molecule has 0 spiro atoms. The quantitative estimate of drug-likeness (QED) is 0.520. The van der Waals surface area contributed by atoms with Crippen molar-refractivity contribution in [3.63, 3.8) is 0 Å². The zero-order valence-electron chi connectivity index (χ0n) is 11.8. The molecule has 0 heterocycles. The summed E-state index contributed by atoms with van der Waals surface area (Å²) in [7, 11) is 1.58. The third-order valence-corrected chi connectivity index (χ3v) is 1.96. The molecule has 0 bridgehead atoms. The van der Waals surface area contributed by atoms with Gasteiger partial charge in [0.1, 0.15) is 0 Å². The van der Waals surface area contributed by atoms with E-state index in [0.717, 1.165) is 0 Å². The van der Waals surface area contributed by atoms with E-state index in [2.05, 4.69) is 16.0 Å². The van der Waals surface area contributed by atoms with Crippen LogP contribution in [0, 0.1) is 0 Å². The van der Waals surface area contributed by atoms with Gasteiger partial charge >= 0.3 is 0 Å². The molecule has 0 rings (SSSR count). The lowest BCUT2D eigenvalue weighted by atomic mass is 10.1. The number of ether oxygens (including phenoxy) is 1. The Morgan fingerprint density at radius 1 is 1.11 bits per heavy atom. The van der Waals surface area contributed by atoms with Crippen molar-refractivity contribution >= 4 is 11.8 Å². The fraction of sp³-hybridized carbons (Fsp3) is 0.833. The Balaban J connectivity index is 3.50. The van der Waals surface area contributed by atoms with Gasteiger partial charge in [0.2, 0.25) is 11.8 Å². The second-order valence-corrected chi connectivity index (χ2v) is 5.07. The summed E-state index contributed by atoms with van der Waals surface area (Å²) in [4.78, 5) is 22.7. The van der Waals surface area contributed by atoms with Gasteiger partial charge in [-0.15, -0.1) is 0 Å². The van der Waals surface area contributed by atoms with E-state index in [1.165, 1.54) is 0 Å². The van der Waals surface area contributed by atoms with Gasteiger partial charge in [0.05, 0.1) is 13.2 Å². The Kier molecular flexibility index (Phi) is 8.32. The van der Waals surface area contributed by atoms with Gasteiger partial charge in [0.25, 0.3) is 0 Å². The minimum absolute atomic E-state index is 0.0456. The molecule has 0 aliphatic carbocycles. The lowest BCUT2D eigenvalue weighted by Crippen LogP contribution is -2.45. The predicted molar refractivity (Wildman–Crippen MR) is 70.3 cm³/mol. The van der Waals surface area contributed by atoms with Crippen LogP contribution in [0.4, 0.5) is 0 Å². The highest BCUT2D eigenvalue weighted by Gasteiger charge is 2.12. The lowest BCUT2D eigenvalue weighted by molar-refractivity contribution is -0.123. The summed E-state index contributed by atoms with van der Waals surface area (Å²) in [6.07, 6.45) is 0.354. The first-order chi connectivity index (χ1) is 8.35. The van der Waals surface area contributed by atoms with Gasteiger partial charge in [-0.2, -0.15) is 0 Å². The van der Waals surface area contributed by atoms with E-state index in [0.29, 0.717) is 26.1 Å². The van der Waals surface area contributed by atoms with Crippen molar-refractivity contribution in [2.75, 3.05) is 33.4 Å². The zero-order chi connectivity index (χ0) is 14.0. The molecule has 106 valence electrons. The number of carbonyl (C=O) groups is 2. The molecule has 0 aromatic heterocycles. The van der Waals surface area contributed by atoms with Crippen LogP contribution < -0.4 is 16.0 Å². The molecule has 0 fully saturated rings. The van der Waals surface area contributed by atoms with E-state index in [1.807, 2.05) is 20.8 Å². The highest BCUT2D eigenvalue weighted by Crippen LogP contribution is 1.96. The van der Waals surface area contributed by atoms with E-state index in [4.69, 9.17) is 4.74 Å². The number of rotatable bonds is 8. The normalized spacial score (nSPS) is 11.1. The average Bonchev–Trinajstić information content (AvgIpc) is 2.22. The molecule has 0 aromatic rings. The van der Waals surface area contributed by atoms with Crippen LogP contribution in [0.3, 0.4) is 0 Å². The van der Waals surface area contributed by atoms with Crippen molar-refractivity contribution in [1.82, 2.24) is 16.0 Å². The van der Waals surface area contributed by atoms with Crippen molar-refractivity contribution < 1.29 is 14.3 Å². The van der Waals surface area contributed by atoms with Crippen LogP contribution in [-0.2, 0) is 14.3 Å². The lowest BCUT2D eigenvalue weighted by Gasteiger charge is -2.20. The van der Waals surface area contributed by atoms with Crippen LogP contribution in [0.1, 0.15) is 27.2 Å². The first kappa shape index (κ1) is 16.9. The Hall–Kier alpha value is -1.14. The molecule has 0 saturated heterocycles. The van der Waals surface area contributed by atoms with Gasteiger partial charge in [-0.05, 0) is 20.8 Å². The molecule has 0 radical (unpaired) electrons. The van der Waals surface area contributed by atoms with Crippen molar-refractivity contribution in [2.45, 2.75) is 32.7 Å². The third-order valence-electron chi connectivity index (χ3n) is 1.96. The van der Waals surface area contributed by atoms with Gasteiger partial charge in [-0.3, -0.25) is 9.59 Å². The molecule has 0 aliphatic rings. The average molecular weight is 259 g/mol. The Labute approximate surface area is 109 Å². The fourth-order valence-corrected chi connectivity index (χ4v) is 1.25. The number of hydrogen-bond donors (Lipinski definition) is 3. The summed E-state index contributed by atoms with van der Waals surface area (Å²) in [5, 5.41) is 8.46. The van der Waals surface area contributed by atoms with Gasteiger partial charge < -0.3 is 20.7 Å². The smallest absolute Gasteiger partial charge is 0.234 e. The second-order valence-electron chi connectivity index (χ2n) is 5.07. The van der Waals surface area contributed by atoms with Crippen molar-refractivity contribution in [3.8, 4) is 0 Å². The van der Waals surface area contributed by atoms with Gasteiger partial charge in [-0.25, -0.2) is 0 Å². The van der Waals surface area contributed by atoms with Crippen LogP contribution in [0.2, 0.25) is 0 Å². The van der Waals surface area contributed by atoms with Crippen LogP contribution in [0.25, 0.3) is 0 Å². The van der Waals surface area contributed by atoms with Crippen LogP contribution in [0.5, 0.6) is 0 Å². The number of amides is 2. The van der Waals surface area contributed by atoms with Crippen molar-refractivity contribution in [1.29, 1.82) is 0 Å². The maximum atomic E-state index is 11.4. The van der Waals surface area contributed by atoms with Crippen LogP contribution in [-0.4, -0.2) is 50.7 Å². The molecular weight excluding hydrogens is 234 g/mol. The summed E-state index contributed by atoms with van der Waals surface area (Å²) in [5.41, 5.74) is -0.226. The number of methoxy groups -OCH3 is 1. The maximum Gasteiger partial charge on any atom is 0.234 e. The van der Waals surface area contributed by atoms with Gasteiger partial charge in [-0.1, -0.05) is 0 Å². The summed E-state index contributed by atoms with van der Waals surface area (Å²) in [6.45, 7) is 7.50. The third kappa shape index (κ3) is 11.3. The second kappa shape index (κ2) is 8.88. The summed E-state index contributed by atoms with van der Waals surface area (Å²) < 4.78 is 4.81. The Bertz CT molecular complexity index is 262. The maximum absolute atomic E-state index is 11.4. The molecule has 6 heteroatoms. The van der Waals surface area contributed by atoms with E-state index >= 15 is 0 Å². The van der Waals surface area contributed by atoms with Crippen molar-refractivity contribution in [3.05, 3.63) is 0 Å². The Morgan fingerprint density at radius 2 is 1.78 bits per heavy atom.